The number of esters is 1. The molecule has 7 nitrogen and oxygen atoms in total. The summed E-state index contributed by atoms with van der Waals surface area (Å²) < 4.78 is 5.45. The molecule has 0 spiro atoms. The van der Waals surface area contributed by atoms with Crippen molar-refractivity contribution in [3.8, 4) is 0 Å². The number of ketones is 1. The highest BCUT2D eigenvalue weighted by Gasteiger charge is 2.31. The Hall–Kier alpha value is -3.19. The molecule has 8 heteroatoms. The average Bonchev–Trinajstić information content (AvgIpc) is 2.84. The van der Waals surface area contributed by atoms with Crippen LogP contribution in [0.3, 0.4) is 0 Å². The second-order valence-electron chi connectivity index (χ2n) is 8.39. The molecule has 0 aromatic heterocycles. The summed E-state index contributed by atoms with van der Waals surface area (Å²) in [6.45, 7) is 4.36. The summed E-state index contributed by atoms with van der Waals surface area (Å²) in [6.07, 6.45) is 1.21. The van der Waals surface area contributed by atoms with Crippen LogP contribution >= 0.6 is 11.6 Å². The number of ether oxygens (including phenoxy) is 1. The maximum absolute atomic E-state index is 12.7. The van der Waals surface area contributed by atoms with E-state index >= 15 is 0 Å². The number of anilines is 1. The summed E-state index contributed by atoms with van der Waals surface area (Å²) in [6, 6.07) is 13.2. The molecule has 0 aliphatic carbocycles. The standard InChI is InChI=1S/C26H29ClN2O5/c1-3-4-23(30)28-22-11-7-18(8-12-22)24(31)17(2)34-26(33)20-13-15-29(16-14-20)25(32)19-5-9-21(27)10-6-19/h5-12,17,20H,3-4,13-16H2,1-2H3,(H,28,30)/t17-/m1/s1. The Morgan fingerprint density at radius 2 is 1.59 bits per heavy atom. The molecule has 1 fully saturated rings. The number of Topliss-reactive ketones (excluding diaryl/α,β-unsaturated/α-hetero) is 1. The number of nitrogens with zero attached hydrogens (tertiary/aromatic N) is 1. The van der Waals surface area contributed by atoms with E-state index < -0.39 is 12.1 Å². The molecular formula is C26H29ClN2O5. The first-order chi connectivity index (χ1) is 16.3. The number of rotatable bonds is 8. The third-order valence-electron chi connectivity index (χ3n) is 5.80. The number of hydrogen-bond donors (Lipinski definition) is 1. The molecule has 2 amide bonds. The van der Waals surface area contributed by atoms with Crippen LogP contribution in [0.15, 0.2) is 48.5 Å². The predicted molar refractivity (Wildman–Crippen MR) is 130 cm³/mol. The summed E-state index contributed by atoms with van der Waals surface area (Å²) in [5.74, 6) is -1.27. The largest absolute Gasteiger partial charge is 0.454 e. The molecule has 1 saturated heterocycles. The Labute approximate surface area is 204 Å². The van der Waals surface area contributed by atoms with Crippen LogP contribution in [0.5, 0.6) is 0 Å². The lowest BCUT2D eigenvalue weighted by molar-refractivity contribution is -0.152. The minimum absolute atomic E-state index is 0.0789. The number of nitrogens with one attached hydrogen (secondary N) is 1. The zero-order valence-corrected chi connectivity index (χ0v) is 20.1. The molecule has 0 radical (unpaired) electrons. The Kier molecular flexibility index (Phi) is 8.82. The van der Waals surface area contributed by atoms with Crippen LogP contribution in [-0.4, -0.2) is 47.7 Å². The molecule has 180 valence electrons. The molecule has 2 aromatic rings. The second kappa shape index (κ2) is 11.8. The minimum Gasteiger partial charge on any atom is -0.454 e. The SMILES string of the molecule is CCCC(=O)Nc1ccc(C(=O)[C@@H](C)OC(=O)C2CCN(C(=O)c3ccc(Cl)cc3)CC2)cc1. The van der Waals surface area contributed by atoms with Crippen LogP contribution in [0.25, 0.3) is 0 Å². The van der Waals surface area contributed by atoms with Gasteiger partial charge in [-0.15, -0.1) is 0 Å². The van der Waals surface area contributed by atoms with Gasteiger partial charge in [0.1, 0.15) is 0 Å². The highest BCUT2D eigenvalue weighted by molar-refractivity contribution is 6.30. The molecule has 0 saturated carbocycles. The van der Waals surface area contributed by atoms with Gasteiger partial charge in [0, 0.05) is 41.3 Å². The van der Waals surface area contributed by atoms with Crippen molar-refractivity contribution in [1.29, 1.82) is 0 Å². The predicted octanol–water partition coefficient (Wildman–Crippen LogP) is 4.75. The number of carbonyl (C=O) groups is 4. The van der Waals surface area contributed by atoms with Crippen molar-refractivity contribution in [3.63, 3.8) is 0 Å². The van der Waals surface area contributed by atoms with Crippen molar-refractivity contribution in [2.24, 2.45) is 5.92 Å². The van der Waals surface area contributed by atoms with Gasteiger partial charge in [0.25, 0.3) is 5.91 Å². The number of carbonyl (C=O) groups excluding carboxylic acids is 4. The topological polar surface area (TPSA) is 92.8 Å². The van der Waals surface area contributed by atoms with E-state index in [0.717, 1.165) is 6.42 Å². The van der Waals surface area contributed by atoms with Crippen molar-refractivity contribution in [1.82, 2.24) is 4.90 Å². The van der Waals surface area contributed by atoms with E-state index in [2.05, 4.69) is 5.32 Å². The van der Waals surface area contributed by atoms with Gasteiger partial charge in [-0.3, -0.25) is 19.2 Å². The smallest absolute Gasteiger partial charge is 0.309 e. The molecule has 0 unspecified atom stereocenters. The summed E-state index contributed by atoms with van der Waals surface area (Å²) in [5.41, 5.74) is 1.57. The van der Waals surface area contributed by atoms with Crippen LogP contribution in [0.4, 0.5) is 5.69 Å². The van der Waals surface area contributed by atoms with Gasteiger partial charge in [-0.2, -0.15) is 0 Å². The van der Waals surface area contributed by atoms with E-state index in [1.807, 2.05) is 6.92 Å². The van der Waals surface area contributed by atoms with Crippen LogP contribution in [0.1, 0.15) is 60.2 Å². The van der Waals surface area contributed by atoms with Gasteiger partial charge in [-0.1, -0.05) is 18.5 Å². The Morgan fingerprint density at radius 3 is 2.18 bits per heavy atom. The molecule has 0 bridgehead atoms. The Balaban J connectivity index is 1.49. The summed E-state index contributed by atoms with van der Waals surface area (Å²) in [5, 5.41) is 3.33. The minimum atomic E-state index is -0.929. The average molecular weight is 485 g/mol. The number of piperidine rings is 1. The number of amides is 2. The Bertz CT molecular complexity index is 1030. The number of likely N-dealkylation sites (tertiary alicyclic amines) is 1. The fourth-order valence-electron chi connectivity index (χ4n) is 3.82. The first-order valence-corrected chi connectivity index (χ1v) is 11.9. The molecule has 34 heavy (non-hydrogen) atoms. The fourth-order valence-corrected chi connectivity index (χ4v) is 3.95. The first kappa shape index (κ1) is 25.4. The van der Waals surface area contributed by atoms with Crippen LogP contribution < -0.4 is 5.32 Å². The van der Waals surface area contributed by atoms with E-state index in [4.69, 9.17) is 16.3 Å². The molecule has 1 aliphatic heterocycles. The normalized spacial score (nSPS) is 14.9. The molecule has 3 rings (SSSR count). The van der Waals surface area contributed by atoms with Gasteiger partial charge in [0.2, 0.25) is 11.7 Å². The van der Waals surface area contributed by atoms with Crippen molar-refractivity contribution in [2.45, 2.75) is 45.6 Å². The third-order valence-corrected chi connectivity index (χ3v) is 6.05. The van der Waals surface area contributed by atoms with Gasteiger partial charge in [0.15, 0.2) is 6.10 Å². The van der Waals surface area contributed by atoms with Crippen molar-refractivity contribution in [2.75, 3.05) is 18.4 Å². The van der Waals surface area contributed by atoms with Gasteiger partial charge in [-0.05, 0) is 74.7 Å². The Morgan fingerprint density at radius 1 is 1.00 bits per heavy atom. The fraction of sp³-hybridized carbons (Fsp3) is 0.385. The molecule has 1 aliphatic rings. The summed E-state index contributed by atoms with van der Waals surface area (Å²) >= 11 is 5.88. The van der Waals surface area contributed by atoms with Crippen molar-refractivity contribution in [3.05, 3.63) is 64.7 Å². The van der Waals surface area contributed by atoms with Crippen molar-refractivity contribution >= 4 is 40.9 Å². The van der Waals surface area contributed by atoms with Crippen LogP contribution in [0.2, 0.25) is 5.02 Å². The number of hydrogen-bond acceptors (Lipinski definition) is 5. The lowest BCUT2D eigenvalue weighted by Crippen LogP contribution is -2.41. The monoisotopic (exact) mass is 484 g/mol. The lowest BCUT2D eigenvalue weighted by atomic mass is 9.96. The van der Waals surface area contributed by atoms with E-state index in [1.165, 1.54) is 0 Å². The molecular weight excluding hydrogens is 456 g/mol. The van der Waals surface area contributed by atoms with Gasteiger partial charge in [0.05, 0.1) is 5.92 Å². The van der Waals surface area contributed by atoms with E-state index in [0.29, 0.717) is 54.2 Å². The maximum atomic E-state index is 12.7. The van der Waals surface area contributed by atoms with Crippen LogP contribution in [0, 0.1) is 5.92 Å². The van der Waals surface area contributed by atoms with Crippen molar-refractivity contribution < 1.29 is 23.9 Å². The zero-order chi connectivity index (χ0) is 24.7. The molecule has 2 aromatic carbocycles. The van der Waals surface area contributed by atoms with Gasteiger partial charge in [-0.25, -0.2) is 0 Å². The summed E-state index contributed by atoms with van der Waals surface area (Å²) in [7, 11) is 0. The maximum Gasteiger partial charge on any atom is 0.309 e. The van der Waals surface area contributed by atoms with Gasteiger partial charge >= 0.3 is 5.97 Å². The molecule has 1 heterocycles. The highest BCUT2D eigenvalue weighted by Crippen LogP contribution is 2.22. The van der Waals surface area contributed by atoms with Crippen LogP contribution in [-0.2, 0) is 14.3 Å². The van der Waals surface area contributed by atoms with Gasteiger partial charge < -0.3 is 15.0 Å². The lowest BCUT2D eigenvalue weighted by Gasteiger charge is -2.31. The summed E-state index contributed by atoms with van der Waals surface area (Å²) in [4.78, 5) is 51.3. The van der Waals surface area contributed by atoms with E-state index in [1.54, 1.807) is 60.4 Å². The number of benzene rings is 2. The van der Waals surface area contributed by atoms with E-state index in [-0.39, 0.29) is 23.5 Å². The molecule has 1 N–H and O–H groups in total. The molecule has 1 atom stereocenters. The number of halogens is 1. The van der Waals surface area contributed by atoms with E-state index in [9.17, 15) is 19.2 Å². The third kappa shape index (κ3) is 6.67. The highest BCUT2D eigenvalue weighted by atomic mass is 35.5. The quantitative estimate of drug-likeness (QED) is 0.431. The zero-order valence-electron chi connectivity index (χ0n) is 19.4. The second-order valence-corrected chi connectivity index (χ2v) is 8.83. The first-order valence-electron chi connectivity index (χ1n) is 11.5.